The van der Waals surface area contributed by atoms with Gasteiger partial charge in [0, 0.05) is 28.9 Å². The average molecular weight is 297 g/mol. The van der Waals surface area contributed by atoms with Crippen LogP contribution >= 0.6 is 15.9 Å². The van der Waals surface area contributed by atoms with E-state index >= 15 is 0 Å². The van der Waals surface area contributed by atoms with Crippen LogP contribution in [0.5, 0.6) is 0 Å². The molecule has 0 aliphatic heterocycles. The molecule has 1 unspecified atom stereocenters. The Kier molecular flexibility index (Phi) is 3.81. The highest BCUT2D eigenvalue weighted by Crippen LogP contribution is 2.23. The number of hydrogen-bond acceptors (Lipinski definition) is 3. The van der Waals surface area contributed by atoms with Crippen LogP contribution < -0.4 is 0 Å². The molecule has 0 fully saturated rings. The van der Waals surface area contributed by atoms with Gasteiger partial charge in [-0.3, -0.25) is 0 Å². The van der Waals surface area contributed by atoms with Gasteiger partial charge >= 0.3 is 0 Å². The summed E-state index contributed by atoms with van der Waals surface area (Å²) in [5.41, 5.74) is 1.32. The Morgan fingerprint density at radius 2 is 2.00 bits per heavy atom. The van der Waals surface area contributed by atoms with E-state index in [1.807, 2.05) is 0 Å². The minimum Gasteiger partial charge on any atom is -0.388 e. The Hall–Kier alpha value is -1.33. The third-order valence-corrected chi connectivity index (χ3v) is 3.16. The Bertz CT molecular complexity index is 507. The van der Waals surface area contributed by atoms with Gasteiger partial charge in [0.05, 0.1) is 6.10 Å². The lowest BCUT2D eigenvalue weighted by atomic mass is 10.0. The quantitative estimate of drug-likeness (QED) is 0.947. The Morgan fingerprint density at radius 3 is 2.71 bits per heavy atom. The number of hydrogen-bond donors (Lipinski definition) is 1. The van der Waals surface area contributed by atoms with E-state index in [0.717, 1.165) is 4.47 Å². The van der Waals surface area contributed by atoms with Crippen LogP contribution in [0.1, 0.15) is 17.2 Å². The molecule has 1 N–H and O–H groups in total. The molecule has 88 valence electrons. The zero-order chi connectivity index (χ0) is 12.3. The molecule has 1 atom stereocenters. The molecular formula is C12H10BrFN2O. The maximum Gasteiger partial charge on any atom is 0.123 e. The van der Waals surface area contributed by atoms with Gasteiger partial charge in [-0.25, -0.2) is 14.4 Å². The zero-order valence-electron chi connectivity index (χ0n) is 8.85. The van der Waals surface area contributed by atoms with Gasteiger partial charge in [-0.05, 0) is 23.8 Å². The minimum absolute atomic E-state index is 0.311. The predicted molar refractivity (Wildman–Crippen MR) is 64.8 cm³/mol. The van der Waals surface area contributed by atoms with Crippen LogP contribution in [-0.2, 0) is 6.42 Å². The van der Waals surface area contributed by atoms with Gasteiger partial charge < -0.3 is 5.11 Å². The SMILES string of the molecule is OC(Cc1cc(F)ccc1Br)c1cncnc1. The first-order valence-corrected chi connectivity index (χ1v) is 5.83. The van der Waals surface area contributed by atoms with Crippen molar-refractivity contribution >= 4 is 15.9 Å². The van der Waals surface area contributed by atoms with Crippen LogP contribution in [0.15, 0.2) is 41.4 Å². The fourth-order valence-corrected chi connectivity index (χ4v) is 1.92. The van der Waals surface area contributed by atoms with Crippen molar-refractivity contribution in [1.29, 1.82) is 0 Å². The molecule has 0 aliphatic rings. The van der Waals surface area contributed by atoms with Crippen molar-refractivity contribution in [3.05, 3.63) is 58.3 Å². The first kappa shape index (κ1) is 12.1. The van der Waals surface area contributed by atoms with Crippen molar-refractivity contribution in [2.24, 2.45) is 0 Å². The Morgan fingerprint density at radius 1 is 1.29 bits per heavy atom. The average Bonchev–Trinajstić information content (AvgIpc) is 2.35. The lowest BCUT2D eigenvalue weighted by molar-refractivity contribution is 0.177. The van der Waals surface area contributed by atoms with Crippen LogP contribution in [0.3, 0.4) is 0 Å². The molecule has 1 heterocycles. The summed E-state index contributed by atoms with van der Waals surface area (Å²) in [5, 5.41) is 9.97. The molecular weight excluding hydrogens is 287 g/mol. The van der Waals surface area contributed by atoms with Crippen molar-refractivity contribution in [2.75, 3.05) is 0 Å². The molecule has 5 heteroatoms. The van der Waals surface area contributed by atoms with Crippen molar-refractivity contribution in [3.63, 3.8) is 0 Å². The van der Waals surface area contributed by atoms with Crippen molar-refractivity contribution in [2.45, 2.75) is 12.5 Å². The van der Waals surface area contributed by atoms with Crippen molar-refractivity contribution in [1.82, 2.24) is 9.97 Å². The summed E-state index contributed by atoms with van der Waals surface area (Å²) in [6.45, 7) is 0. The van der Waals surface area contributed by atoms with E-state index in [9.17, 15) is 9.50 Å². The summed E-state index contributed by atoms with van der Waals surface area (Å²) in [6, 6.07) is 4.39. The number of rotatable bonds is 3. The lowest BCUT2D eigenvalue weighted by Crippen LogP contribution is -2.03. The highest BCUT2D eigenvalue weighted by atomic mass is 79.9. The highest BCUT2D eigenvalue weighted by Gasteiger charge is 2.11. The third kappa shape index (κ3) is 3.08. The maximum atomic E-state index is 13.1. The summed E-state index contributed by atoms with van der Waals surface area (Å²) in [5.74, 6) is -0.320. The van der Waals surface area contributed by atoms with Crippen molar-refractivity contribution in [3.8, 4) is 0 Å². The lowest BCUT2D eigenvalue weighted by Gasteiger charge is -2.11. The summed E-state index contributed by atoms with van der Waals surface area (Å²) >= 11 is 3.32. The molecule has 1 aromatic carbocycles. The van der Waals surface area contributed by atoms with E-state index in [0.29, 0.717) is 17.5 Å². The molecule has 0 saturated heterocycles. The normalized spacial score (nSPS) is 12.4. The van der Waals surface area contributed by atoms with Crippen LogP contribution in [0.4, 0.5) is 4.39 Å². The van der Waals surface area contributed by atoms with E-state index in [4.69, 9.17) is 0 Å². The summed E-state index contributed by atoms with van der Waals surface area (Å²) in [7, 11) is 0. The second kappa shape index (κ2) is 5.33. The maximum absolute atomic E-state index is 13.1. The zero-order valence-corrected chi connectivity index (χ0v) is 10.4. The van der Waals surface area contributed by atoms with Gasteiger partial charge in [-0.15, -0.1) is 0 Å². The van der Waals surface area contributed by atoms with E-state index in [1.54, 1.807) is 18.5 Å². The number of nitrogens with zero attached hydrogens (tertiary/aromatic N) is 2. The Labute approximate surface area is 106 Å². The third-order valence-electron chi connectivity index (χ3n) is 2.39. The van der Waals surface area contributed by atoms with E-state index in [-0.39, 0.29) is 5.82 Å². The molecule has 3 nitrogen and oxygen atoms in total. The number of benzene rings is 1. The van der Waals surface area contributed by atoms with E-state index < -0.39 is 6.10 Å². The molecule has 0 amide bonds. The summed E-state index contributed by atoms with van der Waals surface area (Å²) < 4.78 is 13.8. The van der Waals surface area contributed by atoms with Crippen LogP contribution in [0.2, 0.25) is 0 Å². The molecule has 0 radical (unpaired) electrons. The second-order valence-electron chi connectivity index (χ2n) is 3.63. The molecule has 0 saturated carbocycles. The number of aliphatic hydroxyl groups is 1. The highest BCUT2D eigenvalue weighted by molar-refractivity contribution is 9.10. The largest absolute Gasteiger partial charge is 0.388 e. The first-order chi connectivity index (χ1) is 8.16. The molecule has 0 aliphatic carbocycles. The fourth-order valence-electron chi connectivity index (χ4n) is 1.51. The molecule has 0 spiro atoms. The van der Waals surface area contributed by atoms with Crippen LogP contribution in [0.25, 0.3) is 0 Å². The van der Waals surface area contributed by atoms with Gasteiger partial charge in [-0.2, -0.15) is 0 Å². The van der Waals surface area contributed by atoms with Gasteiger partial charge in [-0.1, -0.05) is 15.9 Å². The predicted octanol–water partition coefficient (Wildman–Crippen LogP) is 2.65. The molecule has 0 bridgehead atoms. The molecule has 1 aromatic heterocycles. The standard InChI is InChI=1S/C12H10BrFN2O/c13-11-2-1-10(14)3-8(11)4-12(17)9-5-15-7-16-6-9/h1-3,5-7,12,17H,4H2. The molecule has 17 heavy (non-hydrogen) atoms. The first-order valence-electron chi connectivity index (χ1n) is 5.03. The smallest absolute Gasteiger partial charge is 0.123 e. The van der Waals surface area contributed by atoms with E-state index in [2.05, 4.69) is 25.9 Å². The van der Waals surface area contributed by atoms with Crippen LogP contribution in [-0.4, -0.2) is 15.1 Å². The minimum atomic E-state index is -0.741. The summed E-state index contributed by atoms with van der Waals surface area (Å²) in [6.07, 6.45) is 4.06. The van der Waals surface area contributed by atoms with Gasteiger partial charge in [0.2, 0.25) is 0 Å². The van der Waals surface area contributed by atoms with Crippen molar-refractivity contribution < 1.29 is 9.50 Å². The van der Waals surface area contributed by atoms with Crippen LogP contribution in [0, 0.1) is 5.82 Å². The monoisotopic (exact) mass is 296 g/mol. The molecule has 2 rings (SSSR count). The summed E-state index contributed by atoms with van der Waals surface area (Å²) in [4.78, 5) is 7.66. The molecule has 2 aromatic rings. The Balaban J connectivity index is 2.18. The topological polar surface area (TPSA) is 46.0 Å². The fraction of sp³-hybridized carbons (Fsp3) is 0.167. The number of halogens is 2. The second-order valence-corrected chi connectivity index (χ2v) is 4.48. The van der Waals surface area contributed by atoms with Gasteiger partial charge in [0.15, 0.2) is 0 Å². The van der Waals surface area contributed by atoms with Gasteiger partial charge in [0.25, 0.3) is 0 Å². The number of aliphatic hydroxyl groups excluding tert-OH is 1. The van der Waals surface area contributed by atoms with Gasteiger partial charge in [0.1, 0.15) is 12.1 Å². The van der Waals surface area contributed by atoms with E-state index in [1.165, 1.54) is 18.5 Å². The number of aromatic nitrogens is 2.